The van der Waals surface area contributed by atoms with Crippen LogP contribution in [0.1, 0.15) is 12.8 Å². The second kappa shape index (κ2) is 5.50. The third-order valence-electron chi connectivity index (χ3n) is 3.43. The van der Waals surface area contributed by atoms with Gasteiger partial charge in [-0.15, -0.1) is 0 Å². The summed E-state index contributed by atoms with van der Waals surface area (Å²) in [5.74, 6) is -0.248. The summed E-state index contributed by atoms with van der Waals surface area (Å²) in [6, 6.07) is 13.2. The molecule has 0 saturated heterocycles. The van der Waals surface area contributed by atoms with Crippen molar-refractivity contribution in [3.8, 4) is 5.75 Å². The van der Waals surface area contributed by atoms with Gasteiger partial charge in [-0.25, -0.2) is 0 Å². The molecular weight excluding hydrogens is 268 g/mol. The molecule has 0 aliphatic heterocycles. The molecule has 2 aromatic rings. The Kier molecular flexibility index (Phi) is 3.54. The number of hydrogen-bond donors (Lipinski definition) is 1. The first-order valence-electron chi connectivity index (χ1n) is 6.73. The average Bonchev–Trinajstić information content (AvgIpc) is 2.76. The highest BCUT2D eigenvalue weighted by Crippen LogP contribution is 2.22. The largest absolute Gasteiger partial charge is 0.426 e. The molecule has 1 unspecified atom stereocenters. The Balaban J connectivity index is 1.71. The lowest BCUT2D eigenvalue weighted by Crippen LogP contribution is -2.11. The van der Waals surface area contributed by atoms with Crippen molar-refractivity contribution >= 4 is 22.5 Å². The zero-order valence-corrected chi connectivity index (χ0v) is 11.3. The summed E-state index contributed by atoms with van der Waals surface area (Å²) in [7, 11) is 0. The number of ether oxygens (including phenoxy) is 1. The topological polar surface area (TPSA) is 63.6 Å². The van der Waals surface area contributed by atoms with Gasteiger partial charge in [0.15, 0.2) is 5.78 Å². The van der Waals surface area contributed by atoms with Crippen molar-refractivity contribution in [1.29, 1.82) is 0 Å². The van der Waals surface area contributed by atoms with Gasteiger partial charge in [0.25, 0.3) is 0 Å². The van der Waals surface area contributed by atoms with Crippen molar-refractivity contribution in [1.82, 2.24) is 0 Å². The van der Waals surface area contributed by atoms with Gasteiger partial charge >= 0.3 is 5.97 Å². The molecule has 0 amide bonds. The van der Waals surface area contributed by atoms with Crippen LogP contribution in [0.3, 0.4) is 0 Å². The molecule has 4 heteroatoms. The minimum absolute atomic E-state index is 0.0542. The van der Waals surface area contributed by atoms with Crippen LogP contribution in [-0.4, -0.2) is 23.0 Å². The summed E-state index contributed by atoms with van der Waals surface area (Å²) in [6.07, 6.45) is 0.589. The molecule has 0 spiro atoms. The van der Waals surface area contributed by atoms with E-state index < -0.39 is 12.1 Å². The molecule has 0 bridgehead atoms. The molecule has 0 fully saturated rings. The Hall–Kier alpha value is -2.46. The lowest BCUT2D eigenvalue weighted by atomic mass is 10.1. The normalized spacial score (nSPS) is 17.9. The van der Waals surface area contributed by atoms with Crippen LogP contribution in [0.25, 0.3) is 10.8 Å². The molecule has 2 aromatic carbocycles. The van der Waals surface area contributed by atoms with Gasteiger partial charge in [-0.3, -0.25) is 9.59 Å². The van der Waals surface area contributed by atoms with Crippen molar-refractivity contribution in [3.05, 3.63) is 54.1 Å². The highest BCUT2D eigenvalue weighted by Gasteiger charge is 2.24. The second-order valence-electron chi connectivity index (χ2n) is 5.05. The highest BCUT2D eigenvalue weighted by atomic mass is 16.5. The van der Waals surface area contributed by atoms with Crippen molar-refractivity contribution in [2.75, 3.05) is 0 Å². The first-order valence-corrected chi connectivity index (χ1v) is 6.73. The van der Waals surface area contributed by atoms with Crippen molar-refractivity contribution in [2.24, 2.45) is 0 Å². The van der Waals surface area contributed by atoms with Gasteiger partial charge in [-0.1, -0.05) is 30.3 Å². The summed E-state index contributed by atoms with van der Waals surface area (Å²) >= 11 is 0. The second-order valence-corrected chi connectivity index (χ2v) is 5.05. The Morgan fingerprint density at radius 3 is 2.67 bits per heavy atom. The molecule has 0 radical (unpaired) electrons. The first kappa shape index (κ1) is 13.5. The van der Waals surface area contributed by atoms with Gasteiger partial charge in [0.05, 0.1) is 12.5 Å². The van der Waals surface area contributed by atoms with Gasteiger partial charge in [0, 0.05) is 12.0 Å². The van der Waals surface area contributed by atoms with Gasteiger partial charge < -0.3 is 9.84 Å². The Bertz CT molecular complexity index is 745. The molecule has 1 aliphatic rings. The van der Waals surface area contributed by atoms with E-state index in [0.29, 0.717) is 11.3 Å². The fraction of sp³-hybridized carbons (Fsp3) is 0.176. The molecule has 3 rings (SSSR count). The predicted molar refractivity (Wildman–Crippen MR) is 77.9 cm³/mol. The van der Waals surface area contributed by atoms with Gasteiger partial charge in [-0.2, -0.15) is 0 Å². The van der Waals surface area contributed by atoms with Gasteiger partial charge in [0.1, 0.15) is 5.75 Å². The van der Waals surface area contributed by atoms with Crippen LogP contribution in [0.15, 0.2) is 54.1 Å². The smallest absolute Gasteiger partial charge is 0.315 e. The number of aliphatic hydroxyl groups is 1. The summed E-state index contributed by atoms with van der Waals surface area (Å²) < 4.78 is 5.25. The Morgan fingerprint density at radius 1 is 1.19 bits per heavy atom. The van der Waals surface area contributed by atoms with Crippen LogP contribution < -0.4 is 4.74 Å². The number of carbonyl (C=O) groups is 2. The maximum atomic E-state index is 11.9. The Morgan fingerprint density at radius 2 is 1.95 bits per heavy atom. The highest BCUT2D eigenvalue weighted by molar-refractivity contribution is 6.02. The van der Waals surface area contributed by atoms with E-state index in [2.05, 4.69) is 0 Å². The number of hydrogen-bond acceptors (Lipinski definition) is 4. The zero-order valence-electron chi connectivity index (χ0n) is 11.3. The zero-order chi connectivity index (χ0) is 14.8. The van der Waals surface area contributed by atoms with E-state index >= 15 is 0 Å². The van der Waals surface area contributed by atoms with E-state index in [-0.39, 0.29) is 18.6 Å². The van der Waals surface area contributed by atoms with Gasteiger partial charge in [0.2, 0.25) is 0 Å². The van der Waals surface area contributed by atoms with E-state index in [9.17, 15) is 14.7 Å². The first-order chi connectivity index (χ1) is 10.1. The van der Waals surface area contributed by atoms with Crippen LogP contribution in [0, 0.1) is 0 Å². The van der Waals surface area contributed by atoms with Crippen LogP contribution in [0.2, 0.25) is 0 Å². The molecule has 4 nitrogen and oxygen atoms in total. The van der Waals surface area contributed by atoms with E-state index in [1.165, 1.54) is 6.08 Å². The molecule has 106 valence electrons. The van der Waals surface area contributed by atoms with E-state index in [4.69, 9.17) is 4.74 Å². The number of rotatable bonds is 3. The monoisotopic (exact) mass is 282 g/mol. The number of Topliss-reactive ketones (excluding diaryl/α,β-unsaturated/α-hetero) is 1. The number of benzene rings is 2. The summed E-state index contributed by atoms with van der Waals surface area (Å²) in [6.45, 7) is 0. The van der Waals surface area contributed by atoms with Crippen LogP contribution in [0.5, 0.6) is 5.75 Å². The summed E-state index contributed by atoms with van der Waals surface area (Å²) in [4.78, 5) is 23.4. The van der Waals surface area contributed by atoms with Crippen LogP contribution >= 0.6 is 0 Å². The molecule has 0 saturated carbocycles. The number of fused-ring (bicyclic) bond motifs is 1. The fourth-order valence-electron chi connectivity index (χ4n) is 2.42. The SMILES string of the molecule is O=C(CC1=CC(O)CC1=O)Oc1ccc2ccccc2c1. The maximum absolute atomic E-state index is 11.9. The van der Waals surface area contributed by atoms with Gasteiger partial charge in [-0.05, 0) is 29.0 Å². The maximum Gasteiger partial charge on any atom is 0.315 e. The van der Waals surface area contributed by atoms with Crippen LogP contribution in [-0.2, 0) is 9.59 Å². The number of aliphatic hydroxyl groups excluding tert-OH is 1. The molecule has 1 N–H and O–H groups in total. The third kappa shape index (κ3) is 3.01. The van der Waals surface area contributed by atoms with Crippen molar-refractivity contribution in [3.63, 3.8) is 0 Å². The molecule has 1 atom stereocenters. The lowest BCUT2D eigenvalue weighted by Gasteiger charge is -2.05. The minimum Gasteiger partial charge on any atom is -0.426 e. The van der Waals surface area contributed by atoms with Crippen LogP contribution in [0.4, 0.5) is 0 Å². The Labute approximate surface area is 121 Å². The van der Waals surface area contributed by atoms with E-state index in [0.717, 1.165) is 10.8 Å². The lowest BCUT2D eigenvalue weighted by molar-refractivity contribution is -0.134. The summed E-state index contributed by atoms with van der Waals surface area (Å²) in [5.41, 5.74) is 0.327. The van der Waals surface area contributed by atoms with Crippen molar-refractivity contribution in [2.45, 2.75) is 18.9 Å². The molecule has 1 aliphatic carbocycles. The number of esters is 1. The molecule has 21 heavy (non-hydrogen) atoms. The summed E-state index contributed by atoms with van der Waals surface area (Å²) in [5, 5.41) is 11.4. The number of carbonyl (C=O) groups excluding carboxylic acids is 2. The quantitative estimate of drug-likeness (QED) is 0.693. The molecular formula is C17H14O4. The third-order valence-corrected chi connectivity index (χ3v) is 3.43. The fourth-order valence-corrected chi connectivity index (χ4v) is 2.42. The molecule has 0 aromatic heterocycles. The minimum atomic E-state index is -0.777. The average molecular weight is 282 g/mol. The van der Waals surface area contributed by atoms with Crippen molar-refractivity contribution < 1.29 is 19.4 Å². The number of ketones is 1. The molecule has 0 heterocycles. The van der Waals surface area contributed by atoms with E-state index in [1.54, 1.807) is 12.1 Å². The predicted octanol–water partition coefficient (Wildman–Crippen LogP) is 2.40. The van der Waals surface area contributed by atoms with E-state index in [1.807, 2.05) is 30.3 Å². The standard InChI is InChI=1S/C17H14O4/c18-14-7-13(16(19)10-14)9-17(20)21-15-6-5-11-3-1-2-4-12(11)8-15/h1-8,14,18H,9-10H2.